The van der Waals surface area contributed by atoms with Crippen molar-refractivity contribution in [1.29, 1.82) is 0 Å². The molecule has 0 aliphatic heterocycles. The molecule has 1 amide bonds. The molecule has 106 valence electrons. The molecule has 2 rings (SSSR count). The summed E-state index contributed by atoms with van der Waals surface area (Å²) in [5.41, 5.74) is -0.897. The van der Waals surface area contributed by atoms with Crippen LogP contribution in [0.5, 0.6) is 0 Å². The molecule has 0 spiro atoms. The van der Waals surface area contributed by atoms with E-state index < -0.39 is 24.0 Å². The van der Waals surface area contributed by atoms with Gasteiger partial charge in [-0.3, -0.25) is 9.59 Å². The maximum absolute atomic E-state index is 13.4. The number of anilines is 1. The maximum atomic E-state index is 13.4. The smallest absolute Gasteiger partial charge is 0.286 e. The van der Waals surface area contributed by atoms with E-state index in [0.29, 0.717) is 0 Å². The fourth-order valence-electron chi connectivity index (χ4n) is 1.48. The summed E-state index contributed by atoms with van der Waals surface area (Å²) >= 11 is 6.56. The molecule has 0 radical (unpaired) electrons. The van der Waals surface area contributed by atoms with E-state index in [1.54, 1.807) is 0 Å². The summed E-state index contributed by atoms with van der Waals surface area (Å²) in [6.07, 6.45) is 2.45. The molecule has 0 saturated carbocycles. The maximum Gasteiger partial charge on any atom is 0.286 e. The van der Waals surface area contributed by atoms with Gasteiger partial charge in [0.2, 0.25) is 0 Å². The van der Waals surface area contributed by atoms with E-state index >= 15 is 0 Å². The van der Waals surface area contributed by atoms with E-state index in [1.807, 2.05) is 0 Å². The van der Waals surface area contributed by atoms with Gasteiger partial charge in [-0.05, 0) is 0 Å². The molecule has 0 bridgehead atoms. The van der Waals surface area contributed by atoms with Gasteiger partial charge in [-0.15, -0.1) is 0 Å². The number of hydrogen-bond acceptors (Lipinski definition) is 4. The van der Waals surface area contributed by atoms with Crippen molar-refractivity contribution >= 4 is 34.5 Å². The quantitative estimate of drug-likeness (QED) is 0.940. The number of thiazole rings is 1. The van der Waals surface area contributed by atoms with Crippen molar-refractivity contribution in [1.82, 2.24) is 9.55 Å². The predicted octanol–water partition coefficient (Wildman–Crippen LogP) is 2.32. The number of nitrogens with zero attached hydrogens (tertiary/aromatic N) is 2. The molecule has 0 aliphatic carbocycles. The number of rotatable bonds is 4. The van der Waals surface area contributed by atoms with Crippen LogP contribution in [0, 0.1) is 5.82 Å². The second-order valence-electron chi connectivity index (χ2n) is 3.70. The van der Waals surface area contributed by atoms with Gasteiger partial charge in [0.1, 0.15) is 11.6 Å². The zero-order valence-electron chi connectivity index (χ0n) is 9.90. The molecule has 2 aromatic heterocycles. The summed E-state index contributed by atoms with van der Waals surface area (Å²) in [6.45, 7) is -1.10. The minimum Gasteiger partial charge on any atom is -0.320 e. The molecular weight excluding hydrogens is 312 g/mol. The van der Waals surface area contributed by atoms with Gasteiger partial charge in [-0.25, -0.2) is 13.8 Å². The Bertz CT molecular complexity index is 701. The number of carbonyl (C=O) groups excluding carboxylic acids is 1. The highest BCUT2D eigenvalue weighted by Gasteiger charge is 2.12. The van der Waals surface area contributed by atoms with Gasteiger partial charge in [-0.2, -0.15) is 0 Å². The van der Waals surface area contributed by atoms with Crippen molar-refractivity contribution in [2.45, 2.75) is 6.54 Å². The van der Waals surface area contributed by atoms with Crippen molar-refractivity contribution in [2.75, 3.05) is 12.0 Å². The molecule has 0 atom stereocenters. The van der Waals surface area contributed by atoms with E-state index in [-0.39, 0.29) is 21.6 Å². The van der Waals surface area contributed by atoms with Crippen LogP contribution in [0.2, 0.25) is 4.47 Å². The number of carbonyl (C=O) groups is 1. The number of hydrogen-bond donors (Lipinski definition) is 1. The van der Waals surface area contributed by atoms with Crippen molar-refractivity contribution in [3.63, 3.8) is 0 Å². The molecule has 9 heteroatoms. The average Bonchev–Trinajstić information content (AvgIpc) is 2.82. The second kappa shape index (κ2) is 6.10. The lowest BCUT2D eigenvalue weighted by atomic mass is 10.3. The van der Waals surface area contributed by atoms with Crippen molar-refractivity contribution in [2.24, 2.45) is 0 Å². The lowest BCUT2D eigenvalue weighted by Gasteiger charge is -2.08. The summed E-state index contributed by atoms with van der Waals surface area (Å²) in [7, 11) is 0. The first-order chi connectivity index (χ1) is 9.51. The third-order valence-electron chi connectivity index (χ3n) is 2.33. The van der Waals surface area contributed by atoms with Crippen LogP contribution in [0.3, 0.4) is 0 Å². The Labute approximate surface area is 120 Å². The molecule has 2 heterocycles. The molecule has 20 heavy (non-hydrogen) atoms. The third kappa shape index (κ3) is 3.20. The van der Waals surface area contributed by atoms with Gasteiger partial charge >= 0.3 is 0 Å². The molecule has 0 saturated heterocycles. The SMILES string of the molecule is O=C(Nc1cc(F)c(=O)n(CCF)c1)c1cnc(Cl)s1. The Kier molecular flexibility index (Phi) is 4.46. The first-order valence-corrected chi connectivity index (χ1v) is 6.59. The lowest BCUT2D eigenvalue weighted by molar-refractivity contribution is 0.103. The van der Waals surface area contributed by atoms with Gasteiger partial charge in [0.05, 0.1) is 18.4 Å². The highest BCUT2D eigenvalue weighted by molar-refractivity contribution is 7.17. The van der Waals surface area contributed by atoms with E-state index in [9.17, 15) is 18.4 Å². The van der Waals surface area contributed by atoms with E-state index in [2.05, 4.69) is 10.3 Å². The fourth-order valence-corrected chi connectivity index (χ4v) is 2.31. The molecule has 5 nitrogen and oxygen atoms in total. The molecule has 1 N–H and O–H groups in total. The van der Waals surface area contributed by atoms with Crippen LogP contribution in [0.1, 0.15) is 9.67 Å². The summed E-state index contributed by atoms with van der Waals surface area (Å²) in [4.78, 5) is 27.1. The standard InChI is InChI=1S/C11H8ClF2N3O2S/c12-11-15-4-8(20-11)9(18)16-6-3-7(14)10(19)17(5-6)2-1-13/h3-5H,1-2H2,(H,16,18). The first-order valence-electron chi connectivity index (χ1n) is 5.40. The number of aryl methyl sites for hydroxylation is 1. The molecule has 0 fully saturated rings. The average molecular weight is 320 g/mol. The van der Waals surface area contributed by atoms with Gasteiger partial charge in [0.25, 0.3) is 11.5 Å². The minimum atomic E-state index is -1.07. The van der Waals surface area contributed by atoms with Crippen LogP contribution in [0.15, 0.2) is 23.3 Å². The lowest BCUT2D eigenvalue weighted by Crippen LogP contribution is -2.24. The molecule has 0 unspecified atom stereocenters. The molecule has 0 aromatic carbocycles. The Hall–Kier alpha value is -1.80. The summed E-state index contributed by atoms with van der Waals surface area (Å²) < 4.78 is 26.7. The Morgan fingerprint density at radius 2 is 2.30 bits per heavy atom. The monoisotopic (exact) mass is 319 g/mol. The number of amides is 1. The van der Waals surface area contributed by atoms with Crippen LogP contribution in [0.25, 0.3) is 0 Å². The largest absolute Gasteiger partial charge is 0.320 e. The van der Waals surface area contributed by atoms with Crippen molar-refractivity contribution < 1.29 is 13.6 Å². The van der Waals surface area contributed by atoms with Crippen LogP contribution in [-0.2, 0) is 6.54 Å². The van der Waals surface area contributed by atoms with E-state index in [4.69, 9.17) is 11.6 Å². The Balaban J connectivity index is 2.25. The molecule has 0 aliphatic rings. The van der Waals surface area contributed by atoms with Crippen LogP contribution in [-0.4, -0.2) is 22.1 Å². The topological polar surface area (TPSA) is 64.0 Å². The summed E-state index contributed by atoms with van der Waals surface area (Å²) in [6, 6.07) is 0.873. The van der Waals surface area contributed by atoms with Crippen LogP contribution >= 0.6 is 22.9 Å². The van der Waals surface area contributed by atoms with Gasteiger partial charge < -0.3 is 9.88 Å². The van der Waals surface area contributed by atoms with Gasteiger partial charge in [0.15, 0.2) is 10.3 Å². The van der Waals surface area contributed by atoms with E-state index in [0.717, 1.165) is 22.0 Å². The van der Waals surface area contributed by atoms with E-state index in [1.165, 1.54) is 12.4 Å². The zero-order valence-corrected chi connectivity index (χ0v) is 11.5. The van der Waals surface area contributed by atoms with Gasteiger partial charge in [0, 0.05) is 12.3 Å². The number of aromatic nitrogens is 2. The fraction of sp³-hybridized carbons (Fsp3) is 0.182. The molecular formula is C11H8ClF2N3O2S. The zero-order chi connectivity index (χ0) is 14.7. The normalized spacial score (nSPS) is 10.6. The number of alkyl halides is 1. The second-order valence-corrected chi connectivity index (χ2v) is 5.31. The van der Waals surface area contributed by atoms with Crippen LogP contribution < -0.4 is 10.9 Å². The highest BCUT2D eigenvalue weighted by atomic mass is 35.5. The summed E-state index contributed by atoms with van der Waals surface area (Å²) in [5.74, 6) is -1.61. The van der Waals surface area contributed by atoms with Crippen molar-refractivity contribution in [3.8, 4) is 0 Å². The number of halogens is 3. The number of nitrogens with one attached hydrogen (secondary N) is 1. The summed E-state index contributed by atoms with van der Waals surface area (Å²) in [5, 5.41) is 2.39. The Morgan fingerprint density at radius 3 is 2.90 bits per heavy atom. The predicted molar refractivity (Wildman–Crippen MR) is 71.7 cm³/mol. The molecule has 2 aromatic rings. The van der Waals surface area contributed by atoms with Crippen LogP contribution in [0.4, 0.5) is 14.5 Å². The highest BCUT2D eigenvalue weighted by Crippen LogP contribution is 2.19. The minimum absolute atomic E-state index is 0.0464. The third-order valence-corrected chi connectivity index (χ3v) is 3.44. The number of pyridine rings is 1. The Morgan fingerprint density at radius 1 is 1.55 bits per heavy atom. The van der Waals surface area contributed by atoms with Gasteiger partial charge in [-0.1, -0.05) is 22.9 Å². The van der Waals surface area contributed by atoms with Crippen molar-refractivity contribution in [3.05, 3.63) is 44.0 Å². The first kappa shape index (κ1) is 14.6.